The molecule has 0 aliphatic carbocycles. The predicted molar refractivity (Wildman–Crippen MR) is 95.8 cm³/mol. The number of aryl methyl sites for hydroxylation is 1. The Labute approximate surface area is 143 Å². The number of para-hydroxylation sites is 1. The van der Waals surface area contributed by atoms with Crippen molar-refractivity contribution >= 4 is 11.6 Å². The van der Waals surface area contributed by atoms with Gasteiger partial charge in [0.15, 0.2) is 0 Å². The van der Waals surface area contributed by atoms with Gasteiger partial charge in [-0.15, -0.1) is 0 Å². The molecule has 128 valence electrons. The minimum absolute atomic E-state index is 0.0137. The maximum absolute atomic E-state index is 13.0. The molecule has 1 unspecified atom stereocenters. The standard InChI is InChI=1S/C19H26N4O/c1-3-7-14-12-21-18(22-14)17-11-13-9-5-6-10-16(13)23(17)19(24)15(20)8-4-2/h5-6,9-10,12,15,17H,3-4,7-8,11,20H2,1-2H3,(H,21,22)/t15-,17?/m0/s1. The Kier molecular flexibility index (Phi) is 5.00. The molecule has 0 bridgehead atoms. The van der Waals surface area contributed by atoms with Gasteiger partial charge >= 0.3 is 0 Å². The Balaban J connectivity index is 1.94. The van der Waals surface area contributed by atoms with Crippen LogP contribution < -0.4 is 10.6 Å². The Bertz CT molecular complexity index is 709. The number of carbonyl (C=O) groups excluding carboxylic acids is 1. The van der Waals surface area contributed by atoms with Crippen LogP contribution in [0.25, 0.3) is 0 Å². The van der Waals surface area contributed by atoms with Gasteiger partial charge < -0.3 is 10.7 Å². The summed E-state index contributed by atoms with van der Waals surface area (Å²) in [5, 5.41) is 0. The summed E-state index contributed by atoms with van der Waals surface area (Å²) in [7, 11) is 0. The van der Waals surface area contributed by atoms with Crippen molar-refractivity contribution in [2.75, 3.05) is 4.90 Å². The molecule has 5 heteroatoms. The lowest BCUT2D eigenvalue weighted by Gasteiger charge is -2.27. The van der Waals surface area contributed by atoms with E-state index in [9.17, 15) is 4.79 Å². The van der Waals surface area contributed by atoms with Crippen molar-refractivity contribution in [2.24, 2.45) is 5.73 Å². The van der Waals surface area contributed by atoms with E-state index >= 15 is 0 Å². The lowest BCUT2D eigenvalue weighted by atomic mass is 10.1. The SMILES string of the molecule is CCCc1cnc(C2Cc3ccccc3N2C(=O)[C@@H](N)CCC)[nH]1. The van der Waals surface area contributed by atoms with E-state index in [-0.39, 0.29) is 11.9 Å². The van der Waals surface area contributed by atoms with Gasteiger partial charge in [0.05, 0.1) is 12.1 Å². The van der Waals surface area contributed by atoms with Gasteiger partial charge in [-0.05, 0) is 24.5 Å². The molecule has 1 aromatic heterocycles. The summed E-state index contributed by atoms with van der Waals surface area (Å²) in [6, 6.07) is 7.51. The molecule has 24 heavy (non-hydrogen) atoms. The van der Waals surface area contributed by atoms with Gasteiger partial charge in [0.2, 0.25) is 5.91 Å². The number of hydrogen-bond donors (Lipinski definition) is 2. The fourth-order valence-electron chi connectivity index (χ4n) is 3.43. The number of imidazole rings is 1. The normalized spacial score (nSPS) is 17.8. The van der Waals surface area contributed by atoms with Crippen LogP contribution in [0.5, 0.6) is 0 Å². The van der Waals surface area contributed by atoms with Gasteiger partial charge in [0.25, 0.3) is 0 Å². The highest BCUT2D eigenvalue weighted by Crippen LogP contribution is 2.39. The molecule has 2 aromatic rings. The van der Waals surface area contributed by atoms with Crippen molar-refractivity contribution in [1.82, 2.24) is 9.97 Å². The van der Waals surface area contributed by atoms with Crippen molar-refractivity contribution in [2.45, 2.75) is 58.0 Å². The molecule has 0 radical (unpaired) electrons. The largest absolute Gasteiger partial charge is 0.344 e. The number of aromatic nitrogens is 2. The number of nitrogens with one attached hydrogen (secondary N) is 1. The second-order valence-corrected chi connectivity index (χ2v) is 6.50. The van der Waals surface area contributed by atoms with Crippen molar-refractivity contribution in [3.8, 4) is 0 Å². The minimum Gasteiger partial charge on any atom is -0.344 e. The van der Waals surface area contributed by atoms with Crippen LogP contribution in [0.15, 0.2) is 30.5 Å². The number of carbonyl (C=O) groups is 1. The van der Waals surface area contributed by atoms with Gasteiger partial charge in [-0.1, -0.05) is 44.9 Å². The van der Waals surface area contributed by atoms with E-state index in [1.807, 2.05) is 36.2 Å². The molecule has 3 N–H and O–H groups in total. The highest BCUT2D eigenvalue weighted by atomic mass is 16.2. The number of amides is 1. The molecule has 3 rings (SSSR count). The fourth-order valence-corrected chi connectivity index (χ4v) is 3.43. The molecule has 1 aromatic carbocycles. The molecule has 2 heterocycles. The van der Waals surface area contributed by atoms with E-state index in [2.05, 4.69) is 23.0 Å². The number of anilines is 1. The van der Waals surface area contributed by atoms with Gasteiger partial charge in [0.1, 0.15) is 5.82 Å². The highest BCUT2D eigenvalue weighted by molar-refractivity contribution is 5.99. The summed E-state index contributed by atoms with van der Waals surface area (Å²) in [6.45, 7) is 4.19. The van der Waals surface area contributed by atoms with Gasteiger partial charge in [-0.3, -0.25) is 9.69 Å². The molecule has 0 saturated heterocycles. The Morgan fingerprint density at radius 1 is 1.38 bits per heavy atom. The maximum atomic E-state index is 13.0. The zero-order valence-electron chi connectivity index (χ0n) is 14.5. The fraction of sp³-hybridized carbons (Fsp3) is 0.474. The number of rotatable bonds is 6. The summed E-state index contributed by atoms with van der Waals surface area (Å²) in [5.74, 6) is 0.840. The van der Waals surface area contributed by atoms with Crippen LogP contribution in [0.4, 0.5) is 5.69 Å². The van der Waals surface area contributed by atoms with Crippen LogP contribution in [0, 0.1) is 0 Å². The van der Waals surface area contributed by atoms with Gasteiger partial charge in [-0.25, -0.2) is 4.98 Å². The van der Waals surface area contributed by atoms with Crippen LogP contribution in [0.2, 0.25) is 0 Å². The van der Waals surface area contributed by atoms with Crippen LogP contribution in [0.3, 0.4) is 0 Å². The first-order valence-corrected chi connectivity index (χ1v) is 8.86. The molecule has 1 aliphatic heterocycles. The lowest BCUT2D eigenvalue weighted by Crippen LogP contribution is -2.44. The van der Waals surface area contributed by atoms with Crippen LogP contribution in [-0.4, -0.2) is 21.9 Å². The third-order valence-corrected chi connectivity index (χ3v) is 4.61. The Hall–Kier alpha value is -2.14. The van der Waals surface area contributed by atoms with E-state index in [1.165, 1.54) is 5.56 Å². The first kappa shape index (κ1) is 16.7. The van der Waals surface area contributed by atoms with Crippen molar-refractivity contribution in [3.05, 3.63) is 47.5 Å². The molecule has 5 nitrogen and oxygen atoms in total. The van der Waals surface area contributed by atoms with Crippen LogP contribution >= 0.6 is 0 Å². The van der Waals surface area contributed by atoms with Crippen LogP contribution in [-0.2, 0) is 17.6 Å². The topological polar surface area (TPSA) is 75.0 Å². The van der Waals surface area contributed by atoms with E-state index < -0.39 is 6.04 Å². The first-order chi connectivity index (χ1) is 11.7. The number of aromatic amines is 1. The average molecular weight is 326 g/mol. The zero-order chi connectivity index (χ0) is 17.1. The number of fused-ring (bicyclic) bond motifs is 1. The molecule has 0 fully saturated rings. The first-order valence-electron chi connectivity index (χ1n) is 8.86. The molecule has 1 aliphatic rings. The number of nitrogens with zero attached hydrogens (tertiary/aromatic N) is 2. The van der Waals surface area contributed by atoms with Crippen molar-refractivity contribution in [1.29, 1.82) is 0 Å². The molecular weight excluding hydrogens is 300 g/mol. The number of hydrogen-bond acceptors (Lipinski definition) is 3. The van der Waals surface area contributed by atoms with E-state index in [4.69, 9.17) is 5.73 Å². The smallest absolute Gasteiger partial charge is 0.244 e. The lowest BCUT2D eigenvalue weighted by molar-refractivity contribution is -0.120. The number of nitrogens with two attached hydrogens (primary N) is 1. The van der Waals surface area contributed by atoms with E-state index in [0.717, 1.165) is 42.9 Å². The second-order valence-electron chi connectivity index (χ2n) is 6.50. The van der Waals surface area contributed by atoms with Crippen molar-refractivity contribution < 1.29 is 4.79 Å². The monoisotopic (exact) mass is 326 g/mol. The Morgan fingerprint density at radius 2 is 2.17 bits per heavy atom. The summed E-state index contributed by atoms with van der Waals surface area (Å²) < 4.78 is 0. The van der Waals surface area contributed by atoms with Gasteiger partial charge in [0, 0.05) is 24.0 Å². The third kappa shape index (κ3) is 3.08. The van der Waals surface area contributed by atoms with E-state index in [1.54, 1.807) is 0 Å². The second kappa shape index (κ2) is 7.18. The summed E-state index contributed by atoms with van der Waals surface area (Å²) >= 11 is 0. The molecule has 1 amide bonds. The molecule has 2 atom stereocenters. The quantitative estimate of drug-likeness (QED) is 0.856. The van der Waals surface area contributed by atoms with Crippen molar-refractivity contribution in [3.63, 3.8) is 0 Å². The maximum Gasteiger partial charge on any atom is 0.244 e. The van der Waals surface area contributed by atoms with E-state index in [0.29, 0.717) is 6.42 Å². The van der Waals surface area contributed by atoms with Crippen LogP contribution in [0.1, 0.15) is 56.2 Å². The van der Waals surface area contributed by atoms with Gasteiger partial charge in [-0.2, -0.15) is 0 Å². The zero-order valence-corrected chi connectivity index (χ0v) is 14.5. The molecule has 0 saturated carbocycles. The predicted octanol–water partition coefficient (Wildman–Crippen LogP) is 3.12. The molecule has 0 spiro atoms. The number of H-pyrrole nitrogens is 1. The average Bonchev–Trinajstić information content (AvgIpc) is 3.18. The molecular formula is C19H26N4O. The highest BCUT2D eigenvalue weighted by Gasteiger charge is 2.37. The summed E-state index contributed by atoms with van der Waals surface area (Å²) in [5.41, 5.74) is 9.39. The summed E-state index contributed by atoms with van der Waals surface area (Å²) in [6.07, 6.45) is 6.29. The summed E-state index contributed by atoms with van der Waals surface area (Å²) in [4.78, 5) is 22.8. The Morgan fingerprint density at radius 3 is 2.92 bits per heavy atom. The minimum atomic E-state index is -0.464. The number of benzene rings is 1. The third-order valence-electron chi connectivity index (χ3n) is 4.61.